The maximum absolute atomic E-state index is 12.0. The Kier molecular flexibility index (Phi) is 5.86. The number of nitrogens with one attached hydrogen (secondary N) is 2. The molecule has 6 nitrogen and oxygen atoms in total. The van der Waals surface area contributed by atoms with Gasteiger partial charge in [-0.3, -0.25) is 9.79 Å². The van der Waals surface area contributed by atoms with Crippen molar-refractivity contribution in [3.05, 3.63) is 21.7 Å². The molecule has 0 saturated carbocycles. The highest BCUT2D eigenvalue weighted by Gasteiger charge is 2.35. The van der Waals surface area contributed by atoms with Gasteiger partial charge in [0.25, 0.3) is 0 Å². The molecule has 8 heteroatoms. The third-order valence-electron chi connectivity index (χ3n) is 4.20. The van der Waals surface area contributed by atoms with Gasteiger partial charge in [-0.2, -0.15) is 0 Å². The molecule has 2 atom stereocenters. The Bertz CT molecular complexity index is 647. The molecule has 0 aromatic rings. The van der Waals surface area contributed by atoms with Gasteiger partial charge in [-0.25, -0.2) is 0 Å². The highest BCUT2D eigenvalue weighted by Crippen LogP contribution is 2.31. The van der Waals surface area contributed by atoms with Crippen LogP contribution < -0.4 is 11.1 Å². The third-order valence-corrected chi connectivity index (χ3v) is 5.04. The highest BCUT2D eigenvalue weighted by molar-refractivity contribution is 6.40. The Morgan fingerprint density at radius 1 is 1.50 bits per heavy atom. The smallest absolute Gasteiger partial charge is 0.232 e. The van der Waals surface area contributed by atoms with Crippen LogP contribution in [0.2, 0.25) is 0 Å². The largest absolute Gasteiger partial charge is 0.388 e. The van der Waals surface area contributed by atoms with Gasteiger partial charge in [0.1, 0.15) is 5.92 Å². The number of rotatable bonds is 5. The van der Waals surface area contributed by atoms with Gasteiger partial charge < -0.3 is 21.6 Å². The van der Waals surface area contributed by atoms with Crippen molar-refractivity contribution in [3.63, 3.8) is 0 Å². The quantitative estimate of drug-likeness (QED) is 0.551. The van der Waals surface area contributed by atoms with Crippen molar-refractivity contribution < 1.29 is 9.90 Å². The fraction of sp³-hybridized carbons (Fsp3) is 0.562. The third kappa shape index (κ3) is 4.25. The van der Waals surface area contributed by atoms with Gasteiger partial charge in [-0.1, -0.05) is 29.3 Å². The maximum Gasteiger partial charge on any atom is 0.232 e. The van der Waals surface area contributed by atoms with E-state index in [1.54, 1.807) is 19.9 Å². The molecular weight excluding hydrogens is 351 g/mol. The first-order chi connectivity index (χ1) is 11.1. The number of nitrogens with two attached hydrogens (primary N) is 1. The lowest BCUT2D eigenvalue weighted by atomic mass is 9.86. The molecule has 0 bridgehead atoms. The van der Waals surface area contributed by atoms with E-state index in [0.29, 0.717) is 47.3 Å². The molecule has 0 saturated heterocycles. The van der Waals surface area contributed by atoms with Gasteiger partial charge in [0, 0.05) is 41.7 Å². The van der Waals surface area contributed by atoms with Crippen molar-refractivity contribution in [1.29, 1.82) is 5.41 Å². The standard InChI is InChI=1S/C16H22Cl2N4O2/c1-16(2,24)12-7-21-6-11(22-12)13(15(20)23)14(19)8-3-4-9(17)10(18)5-8/h3,12-13,19,21,24H,4-7H2,1-2H3,(H2,20,23). The van der Waals surface area contributed by atoms with Crippen molar-refractivity contribution in [3.8, 4) is 0 Å². The summed E-state index contributed by atoms with van der Waals surface area (Å²) >= 11 is 12.1. The molecule has 2 rings (SSSR count). The lowest BCUT2D eigenvalue weighted by Gasteiger charge is -2.32. The molecule has 24 heavy (non-hydrogen) atoms. The summed E-state index contributed by atoms with van der Waals surface area (Å²) in [6.07, 6.45) is 2.52. The average molecular weight is 373 g/mol. The van der Waals surface area contributed by atoms with E-state index in [0.717, 1.165) is 0 Å². The Morgan fingerprint density at radius 3 is 2.71 bits per heavy atom. The van der Waals surface area contributed by atoms with Crippen molar-refractivity contribution in [2.75, 3.05) is 13.1 Å². The van der Waals surface area contributed by atoms with E-state index >= 15 is 0 Å². The van der Waals surface area contributed by atoms with Crippen molar-refractivity contribution in [2.24, 2.45) is 16.6 Å². The van der Waals surface area contributed by atoms with Crippen LogP contribution in [0, 0.1) is 11.3 Å². The molecule has 1 aliphatic heterocycles. The molecule has 2 unspecified atom stereocenters. The van der Waals surface area contributed by atoms with Crippen molar-refractivity contribution in [1.82, 2.24) is 5.32 Å². The summed E-state index contributed by atoms with van der Waals surface area (Å²) in [5.41, 5.74) is 5.68. The number of carbonyl (C=O) groups excluding carboxylic acids is 1. The highest BCUT2D eigenvalue weighted by atomic mass is 35.5. The van der Waals surface area contributed by atoms with Crippen LogP contribution in [-0.2, 0) is 4.79 Å². The fourth-order valence-electron chi connectivity index (χ4n) is 2.74. The second-order valence-electron chi connectivity index (χ2n) is 6.59. The number of hydrogen-bond acceptors (Lipinski definition) is 5. The van der Waals surface area contributed by atoms with Gasteiger partial charge >= 0.3 is 0 Å². The fourth-order valence-corrected chi connectivity index (χ4v) is 3.10. The molecule has 0 aromatic heterocycles. The zero-order valence-electron chi connectivity index (χ0n) is 13.7. The lowest BCUT2D eigenvalue weighted by molar-refractivity contribution is -0.118. The van der Waals surface area contributed by atoms with E-state index in [1.807, 2.05) is 0 Å². The topological polar surface area (TPSA) is 112 Å². The molecular formula is C16H22Cl2N4O2. The van der Waals surface area contributed by atoms with Crippen LogP contribution in [0.15, 0.2) is 26.7 Å². The summed E-state index contributed by atoms with van der Waals surface area (Å²) in [7, 11) is 0. The first kappa shape index (κ1) is 19.1. The van der Waals surface area contributed by atoms with Crippen molar-refractivity contribution in [2.45, 2.75) is 38.3 Å². The van der Waals surface area contributed by atoms with Crippen LogP contribution in [0.4, 0.5) is 0 Å². The second kappa shape index (κ2) is 7.35. The van der Waals surface area contributed by atoms with E-state index in [-0.39, 0.29) is 5.71 Å². The Labute approximate surface area is 151 Å². The van der Waals surface area contributed by atoms with Crippen LogP contribution in [0.3, 0.4) is 0 Å². The predicted octanol–water partition coefficient (Wildman–Crippen LogP) is 1.70. The molecule has 132 valence electrons. The number of aliphatic imine (C=N–C) groups is 1. The van der Waals surface area contributed by atoms with Crippen molar-refractivity contribution >= 4 is 40.5 Å². The van der Waals surface area contributed by atoms with E-state index in [2.05, 4.69) is 10.3 Å². The zero-order chi connectivity index (χ0) is 18.1. The number of carbonyl (C=O) groups is 1. The average Bonchev–Trinajstić information content (AvgIpc) is 2.49. The van der Waals surface area contributed by atoms with Crippen LogP contribution in [0.25, 0.3) is 0 Å². The molecule has 1 aliphatic carbocycles. The molecule has 2 aliphatic rings. The van der Waals surface area contributed by atoms with Crippen LogP contribution >= 0.6 is 23.2 Å². The molecule has 0 fully saturated rings. The van der Waals surface area contributed by atoms with Gasteiger partial charge in [-0.15, -0.1) is 0 Å². The summed E-state index contributed by atoms with van der Waals surface area (Å²) in [5, 5.41) is 22.7. The van der Waals surface area contributed by atoms with Crippen LogP contribution in [0.5, 0.6) is 0 Å². The molecule has 5 N–H and O–H groups in total. The number of allylic oxidation sites excluding steroid dienone is 4. The number of nitrogens with zero attached hydrogens (tertiary/aromatic N) is 1. The lowest BCUT2D eigenvalue weighted by Crippen LogP contribution is -2.51. The van der Waals surface area contributed by atoms with E-state index in [1.165, 1.54) is 0 Å². The zero-order valence-corrected chi connectivity index (χ0v) is 15.2. The first-order valence-electron chi connectivity index (χ1n) is 7.71. The minimum atomic E-state index is -1.03. The van der Waals surface area contributed by atoms with E-state index in [4.69, 9.17) is 34.3 Å². The number of aliphatic hydroxyl groups is 1. The van der Waals surface area contributed by atoms with Gasteiger partial charge in [-0.05, 0) is 19.4 Å². The van der Waals surface area contributed by atoms with Gasteiger partial charge in [0.2, 0.25) is 5.91 Å². The predicted molar refractivity (Wildman–Crippen MR) is 96.9 cm³/mol. The minimum Gasteiger partial charge on any atom is -0.388 e. The normalized spacial score (nSPS) is 23.5. The monoisotopic (exact) mass is 372 g/mol. The first-order valence-corrected chi connectivity index (χ1v) is 8.46. The molecule has 0 spiro atoms. The van der Waals surface area contributed by atoms with E-state index < -0.39 is 23.5 Å². The molecule has 1 amide bonds. The number of hydrogen-bond donors (Lipinski definition) is 4. The summed E-state index contributed by atoms with van der Waals surface area (Å²) in [4.78, 5) is 16.5. The Morgan fingerprint density at radius 2 is 2.17 bits per heavy atom. The molecule has 1 heterocycles. The summed E-state index contributed by atoms with van der Waals surface area (Å²) in [6.45, 7) is 4.16. The Hall–Kier alpha value is -1.21. The Balaban J connectivity index is 2.28. The second-order valence-corrected chi connectivity index (χ2v) is 7.50. The van der Waals surface area contributed by atoms with Gasteiger partial charge in [0.05, 0.1) is 17.4 Å². The summed E-state index contributed by atoms with van der Waals surface area (Å²) in [5.74, 6) is -1.59. The number of primary amides is 1. The van der Waals surface area contributed by atoms with Crippen LogP contribution in [-0.4, -0.2) is 47.2 Å². The van der Waals surface area contributed by atoms with E-state index in [9.17, 15) is 9.90 Å². The molecule has 0 aromatic carbocycles. The summed E-state index contributed by atoms with van der Waals surface area (Å²) < 4.78 is 0. The number of amides is 1. The SMILES string of the molecule is CC(C)(O)C1CNCC(C(C(=N)C2=CCC(Cl)=C(Cl)C2)C(N)=O)=N1. The van der Waals surface area contributed by atoms with Crippen LogP contribution in [0.1, 0.15) is 26.7 Å². The maximum atomic E-state index is 12.0. The van der Waals surface area contributed by atoms with Gasteiger partial charge in [0.15, 0.2) is 0 Å². The molecule has 0 radical (unpaired) electrons. The summed E-state index contributed by atoms with van der Waals surface area (Å²) in [6, 6.07) is -0.408. The minimum absolute atomic E-state index is 0.0850. The number of halogens is 2.